The molecule has 0 saturated carbocycles. The molecule has 64 valence electrons. The van der Waals surface area contributed by atoms with Crippen LogP contribution >= 0.6 is 0 Å². The molecule has 0 aliphatic carbocycles. The highest BCUT2D eigenvalue weighted by Gasteiger charge is 2.43. The maximum absolute atomic E-state index is 5.72. The summed E-state index contributed by atoms with van der Waals surface area (Å²) < 4.78 is 11.4. The van der Waals surface area contributed by atoms with Gasteiger partial charge in [0, 0.05) is 12.3 Å². The van der Waals surface area contributed by atoms with E-state index < -0.39 is 0 Å². The molecule has 0 aromatic rings. The second kappa shape index (κ2) is 2.76. The van der Waals surface area contributed by atoms with Gasteiger partial charge in [0.25, 0.3) is 0 Å². The zero-order valence-corrected chi connectivity index (χ0v) is 7.14. The first-order valence-electron chi connectivity index (χ1n) is 4.61. The van der Waals surface area contributed by atoms with Crippen molar-refractivity contribution in [2.75, 3.05) is 13.2 Å². The molecule has 2 rings (SSSR count). The summed E-state index contributed by atoms with van der Waals surface area (Å²) in [6.07, 6.45) is 4.75. The lowest BCUT2D eigenvalue weighted by Gasteiger charge is -2.36. The monoisotopic (exact) mass is 156 g/mol. The van der Waals surface area contributed by atoms with Crippen LogP contribution in [0.3, 0.4) is 0 Å². The molecular formula is C9H16O2. The van der Waals surface area contributed by atoms with Gasteiger partial charge < -0.3 is 9.47 Å². The van der Waals surface area contributed by atoms with E-state index >= 15 is 0 Å². The molecule has 0 aromatic carbocycles. The van der Waals surface area contributed by atoms with Crippen LogP contribution in [-0.2, 0) is 9.47 Å². The molecule has 2 aliphatic rings. The Hall–Kier alpha value is -0.0800. The van der Waals surface area contributed by atoms with Gasteiger partial charge in [-0.2, -0.15) is 0 Å². The van der Waals surface area contributed by atoms with Gasteiger partial charge in [-0.05, 0) is 19.3 Å². The highest BCUT2D eigenvalue weighted by Crippen LogP contribution is 2.39. The fraction of sp³-hybridized carbons (Fsp3) is 1.00. The molecule has 0 amide bonds. The molecule has 2 atom stereocenters. The zero-order valence-electron chi connectivity index (χ0n) is 7.14. The maximum atomic E-state index is 5.72. The van der Waals surface area contributed by atoms with E-state index in [9.17, 15) is 0 Å². The van der Waals surface area contributed by atoms with Gasteiger partial charge in [-0.15, -0.1) is 0 Å². The van der Waals surface area contributed by atoms with Crippen LogP contribution in [0.2, 0.25) is 0 Å². The third-order valence-electron chi connectivity index (χ3n) is 2.91. The quantitative estimate of drug-likeness (QED) is 0.533. The van der Waals surface area contributed by atoms with Crippen molar-refractivity contribution in [3.63, 3.8) is 0 Å². The fourth-order valence-electron chi connectivity index (χ4n) is 2.06. The number of rotatable bonds is 0. The molecule has 2 fully saturated rings. The van der Waals surface area contributed by atoms with Crippen LogP contribution in [0, 0.1) is 5.92 Å². The smallest absolute Gasteiger partial charge is 0.170 e. The van der Waals surface area contributed by atoms with Gasteiger partial charge in [0.1, 0.15) is 0 Å². The van der Waals surface area contributed by atoms with E-state index in [1.165, 1.54) is 19.3 Å². The van der Waals surface area contributed by atoms with Crippen LogP contribution in [0.25, 0.3) is 0 Å². The largest absolute Gasteiger partial charge is 0.350 e. The van der Waals surface area contributed by atoms with Crippen molar-refractivity contribution >= 4 is 0 Å². The van der Waals surface area contributed by atoms with E-state index in [0.717, 1.165) is 19.6 Å². The van der Waals surface area contributed by atoms with Gasteiger partial charge in [0.05, 0.1) is 13.2 Å². The first kappa shape index (κ1) is 7.56. The van der Waals surface area contributed by atoms with Crippen LogP contribution in [-0.4, -0.2) is 19.0 Å². The van der Waals surface area contributed by atoms with E-state index in [1.54, 1.807) is 0 Å². The van der Waals surface area contributed by atoms with Crippen LogP contribution in [0.5, 0.6) is 0 Å². The third-order valence-corrected chi connectivity index (χ3v) is 2.91. The first-order chi connectivity index (χ1) is 5.33. The predicted octanol–water partition coefficient (Wildman–Crippen LogP) is 1.94. The lowest BCUT2D eigenvalue weighted by Crippen LogP contribution is -2.40. The number of hydrogen-bond donors (Lipinski definition) is 0. The van der Waals surface area contributed by atoms with Crippen molar-refractivity contribution in [3.05, 3.63) is 0 Å². The molecular weight excluding hydrogens is 140 g/mol. The highest BCUT2D eigenvalue weighted by atomic mass is 16.7. The van der Waals surface area contributed by atoms with Gasteiger partial charge in [-0.3, -0.25) is 0 Å². The molecule has 0 N–H and O–H groups in total. The average molecular weight is 156 g/mol. The highest BCUT2D eigenvalue weighted by molar-refractivity contribution is 4.84. The average Bonchev–Trinajstić information content (AvgIpc) is 2.36. The number of hydrogen-bond acceptors (Lipinski definition) is 2. The molecule has 2 heteroatoms. The summed E-state index contributed by atoms with van der Waals surface area (Å²) in [5, 5.41) is 0. The topological polar surface area (TPSA) is 18.5 Å². The molecule has 1 spiro atoms. The Morgan fingerprint density at radius 3 is 2.55 bits per heavy atom. The van der Waals surface area contributed by atoms with Crippen LogP contribution in [0.4, 0.5) is 0 Å². The van der Waals surface area contributed by atoms with Crippen molar-refractivity contribution in [1.82, 2.24) is 0 Å². The molecule has 0 radical (unpaired) electrons. The molecule has 0 bridgehead atoms. The van der Waals surface area contributed by atoms with E-state index in [0.29, 0.717) is 5.92 Å². The first-order valence-corrected chi connectivity index (χ1v) is 4.61. The van der Waals surface area contributed by atoms with Crippen LogP contribution < -0.4 is 0 Å². The summed E-state index contributed by atoms with van der Waals surface area (Å²) in [6, 6.07) is 0. The van der Waals surface area contributed by atoms with Crippen molar-refractivity contribution in [2.24, 2.45) is 5.92 Å². The third kappa shape index (κ3) is 1.18. The normalized spacial score (nSPS) is 45.0. The lowest BCUT2D eigenvalue weighted by atomic mass is 9.93. The van der Waals surface area contributed by atoms with Gasteiger partial charge in [0.15, 0.2) is 5.79 Å². The molecule has 0 unspecified atom stereocenters. The minimum atomic E-state index is -0.168. The van der Waals surface area contributed by atoms with Gasteiger partial charge >= 0.3 is 0 Å². The molecule has 0 aromatic heterocycles. The fourth-order valence-corrected chi connectivity index (χ4v) is 2.06. The SMILES string of the molecule is C[C@@H]1CCO[C@@]12CCCCO2. The van der Waals surface area contributed by atoms with Gasteiger partial charge in [-0.1, -0.05) is 6.92 Å². The van der Waals surface area contributed by atoms with Gasteiger partial charge in [-0.25, -0.2) is 0 Å². The predicted molar refractivity (Wildman–Crippen MR) is 42.3 cm³/mol. The van der Waals surface area contributed by atoms with Crippen molar-refractivity contribution < 1.29 is 9.47 Å². The van der Waals surface area contributed by atoms with Crippen molar-refractivity contribution in [1.29, 1.82) is 0 Å². The molecule has 2 saturated heterocycles. The summed E-state index contributed by atoms with van der Waals surface area (Å²) in [4.78, 5) is 0. The maximum Gasteiger partial charge on any atom is 0.170 e. The van der Waals surface area contributed by atoms with Crippen molar-refractivity contribution in [2.45, 2.75) is 38.4 Å². The van der Waals surface area contributed by atoms with Crippen LogP contribution in [0.1, 0.15) is 32.6 Å². The summed E-state index contributed by atoms with van der Waals surface area (Å²) in [5.74, 6) is 0.431. The van der Waals surface area contributed by atoms with Crippen LogP contribution in [0.15, 0.2) is 0 Å². The summed E-state index contributed by atoms with van der Waals surface area (Å²) in [6.45, 7) is 4.02. The molecule has 11 heavy (non-hydrogen) atoms. The lowest BCUT2D eigenvalue weighted by molar-refractivity contribution is -0.247. The standard InChI is InChI=1S/C9H16O2/c1-8-4-7-11-9(8)5-2-3-6-10-9/h8H,2-7H2,1H3/t8-,9+/m1/s1. The Balaban J connectivity index is 2.06. The Morgan fingerprint density at radius 2 is 2.00 bits per heavy atom. The summed E-state index contributed by atoms with van der Waals surface area (Å²) in [7, 11) is 0. The van der Waals surface area contributed by atoms with E-state index in [1.807, 2.05) is 0 Å². The zero-order chi connectivity index (χ0) is 7.73. The molecule has 2 aliphatic heterocycles. The number of ether oxygens (including phenoxy) is 2. The second-order valence-electron chi connectivity index (χ2n) is 3.66. The summed E-state index contributed by atoms with van der Waals surface area (Å²) in [5.41, 5.74) is 0. The van der Waals surface area contributed by atoms with E-state index in [-0.39, 0.29) is 5.79 Å². The van der Waals surface area contributed by atoms with Gasteiger partial charge in [0.2, 0.25) is 0 Å². The summed E-state index contributed by atoms with van der Waals surface area (Å²) >= 11 is 0. The Bertz CT molecular complexity index is 138. The molecule has 2 heterocycles. The van der Waals surface area contributed by atoms with E-state index in [4.69, 9.17) is 9.47 Å². The Labute approximate surface area is 67.9 Å². The van der Waals surface area contributed by atoms with Crippen molar-refractivity contribution in [3.8, 4) is 0 Å². The Kier molecular flexibility index (Phi) is 1.90. The Morgan fingerprint density at radius 1 is 1.18 bits per heavy atom. The van der Waals surface area contributed by atoms with E-state index in [2.05, 4.69) is 6.92 Å². The minimum absolute atomic E-state index is 0.168. The molecule has 2 nitrogen and oxygen atoms in total. The minimum Gasteiger partial charge on any atom is -0.350 e. The second-order valence-corrected chi connectivity index (χ2v) is 3.66.